The predicted octanol–water partition coefficient (Wildman–Crippen LogP) is 2.80. The largest absolute Gasteiger partial charge is 0.310 e. The van der Waals surface area contributed by atoms with E-state index in [-0.39, 0.29) is 0 Å². The fourth-order valence-corrected chi connectivity index (χ4v) is 1.82. The third-order valence-electron chi connectivity index (χ3n) is 2.80. The lowest BCUT2D eigenvalue weighted by atomic mass is 10.1. The second-order valence-electron chi connectivity index (χ2n) is 4.21. The molecule has 1 rings (SSSR count). The van der Waals surface area contributed by atoms with Crippen LogP contribution in [0, 0.1) is 6.92 Å². The molecule has 0 fully saturated rings. The molecular weight excluding hydrogens is 198 g/mol. The first-order valence-electron chi connectivity index (χ1n) is 6.24. The number of nitrogens with one attached hydrogen (secondary N) is 1. The Morgan fingerprint density at radius 3 is 2.69 bits per heavy atom. The van der Waals surface area contributed by atoms with Crippen molar-refractivity contribution in [2.24, 2.45) is 0 Å². The Bertz CT molecular complexity index is 323. The number of aryl methyl sites for hydroxylation is 2. The van der Waals surface area contributed by atoms with Crippen molar-refractivity contribution >= 4 is 0 Å². The third kappa shape index (κ3) is 3.56. The molecule has 1 unspecified atom stereocenters. The minimum atomic E-state index is 0.338. The molecule has 1 N–H and O–H groups in total. The summed E-state index contributed by atoms with van der Waals surface area (Å²) in [6.07, 6.45) is 5.33. The Morgan fingerprint density at radius 1 is 1.38 bits per heavy atom. The molecule has 1 aromatic heterocycles. The van der Waals surface area contributed by atoms with Gasteiger partial charge in [0.2, 0.25) is 0 Å². The molecule has 0 saturated carbocycles. The minimum Gasteiger partial charge on any atom is -0.310 e. The standard InChI is InChI=1S/C13H23N3/c1-5-7-8-13-15-9-12(11(4)16-13)10(3)14-6-2/h9-10,14H,5-8H2,1-4H3. The molecule has 0 bridgehead atoms. The second-order valence-corrected chi connectivity index (χ2v) is 4.21. The highest BCUT2D eigenvalue weighted by Gasteiger charge is 2.09. The van der Waals surface area contributed by atoms with Gasteiger partial charge in [-0.25, -0.2) is 9.97 Å². The molecule has 3 nitrogen and oxygen atoms in total. The van der Waals surface area contributed by atoms with Gasteiger partial charge in [-0.05, 0) is 26.8 Å². The average Bonchev–Trinajstić information content (AvgIpc) is 2.26. The maximum atomic E-state index is 4.56. The molecule has 1 aromatic rings. The van der Waals surface area contributed by atoms with Crippen LogP contribution in [0.4, 0.5) is 0 Å². The molecule has 0 radical (unpaired) electrons. The van der Waals surface area contributed by atoms with Gasteiger partial charge >= 0.3 is 0 Å². The Morgan fingerprint density at radius 2 is 2.12 bits per heavy atom. The van der Waals surface area contributed by atoms with Crippen LogP contribution in [-0.4, -0.2) is 16.5 Å². The summed E-state index contributed by atoms with van der Waals surface area (Å²) in [6, 6.07) is 0.338. The van der Waals surface area contributed by atoms with Gasteiger partial charge in [0.05, 0.1) is 0 Å². The fraction of sp³-hybridized carbons (Fsp3) is 0.692. The molecule has 1 heterocycles. The zero-order valence-corrected chi connectivity index (χ0v) is 10.9. The van der Waals surface area contributed by atoms with Crippen LogP contribution in [0.15, 0.2) is 6.20 Å². The van der Waals surface area contributed by atoms with Crippen LogP contribution in [0.3, 0.4) is 0 Å². The van der Waals surface area contributed by atoms with Crippen LogP contribution in [0.2, 0.25) is 0 Å². The monoisotopic (exact) mass is 221 g/mol. The Balaban J connectivity index is 2.74. The van der Waals surface area contributed by atoms with Crippen LogP contribution in [0.5, 0.6) is 0 Å². The molecule has 0 aliphatic heterocycles. The zero-order valence-electron chi connectivity index (χ0n) is 10.9. The van der Waals surface area contributed by atoms with E-state index in [0.717, 1.165) is 24.5 Å². The molecule has 0 aliphatic carbocycles. The van der Waals surface area contributed by atoms with Crippen molar-refractivity contribution in [1.29, 1.82) is 0 Å². The van der Waals surface area contributed by atoms with Crippen molar-refractivity contribution in [2.75, 3.05) is 6.54 Å². The van der Waals surface area contributed by atoms with Gasteiger partial charge in [0, 0.05) is 29.9 Å². The van der Waals surface area contributed by atoms with Crippen LogP contribution in [-0.2, 0) is 6.42 Å². The second kappa shape index (κ2) is 6.59. The van der Waals surface area contributed by atoms with Gasteiger partial charge in [0.25, 0.3) is 0 Å². The number of nitrogens with zero attached hydrogens (tertiary/aromatic N) is 2. The summed E-state index contributed by atoms with van der Waals surface area (Å²) < 4.78 is 0. The van der Waals surface area contributed by atoms with Gasteiger partial charge < -0.3 is 5.32 Å². The Labute approximate surface area is 98.7 Å². The van der Waals surface area contributed by atoms with Crippen molar-refractivity contribution in [3.8, 4) is 0 Å². The lowest BCUT2D eigenvalue weighted by Gasteiger charge is -2.14. The van der Waals surface area contributed by atoms with E-state index >= 15 is 0 Å². The van der Waals surface area contributed by atoms with Crippen LogP contribution in [0.1, 0.15) is 56.7 Å². The average molecular weight is 221 g/mol. The summed E-state index contributed by atoms with van der Waals surface area (Å²) in [6.45, 7) is 9.50. The SMILES string of the molecule is CCCCc1ncc(C(C)NCC)c(C)n1. The van der Waals surface area contributed by atoms with Gasteiger partial charge in [-0.2, -0.15) is 0 Å². The van der Waals surface area contributed by atoms with E-state index in [9.17, 15) is 0 Å². The first-order chi connectivity index (χ1) is 7.69. The van der Waals surface area contributed by atoms with Crippen molar-refractivity contribution in [3.05, 3.63) is 23.3 Å². The highest BCUT2D eigenvalue weighted by molar-refractivity contribution is 5.19. The molecule has 1 atom stereocenters. The Hall–Kier alpha value is -0.960. The van der Waals surface area contributed by atoms with Crippen LogP contribution in [0.25, 0.3) is 0 Å². The van der Waals surface area contributed by atoms with E-state index < -0.39 is 0 Å². The number of rotatable bonds is 6. The number of aromatic nitrogens is 2. The van der Waals surface area contributed by atoms with E-state index in [1.54, 1.807) is 0 Å². The Kier molecular flexibility index (Phi) is 5.39. The fourth-order valence-electron chi connectivity index (χ4n) is 1.82. The first-order valence-corrected chi connectivity index (χ1v) is 6.24. The highest BCUT2D eigenvalue weighted by Crippen LogP contribution is 2.14. The topological polar surface area (TPSA) is 37.8 Å². The first kappa shape index (κ1) is 13.1. The van der Waals surface area contributed by atoms with Gasteiger partial charge in [0.1, 0.15) is 5.82 Å². The zero-order chi connectivity index (χ0) is 12.0. The van der Waals surface area contributed by atoms with E-state index in [1.807, 2.05) is 6.20 Å². The van der Waals surface area contributed by atoms with Gasteiger partial charge in [-0.3, -0.25) is 0 Å². The number of unbranched alkanes of at least 4 members (excludes halogenated alkanes) is 1. The molecule has 0 saturated heterocycles. The summed E-state index contributed by atoms with van der Waals surface area (Å²) in [7, 11) is 0. The van der Waals surface area contributed by atoms with Gasteiger partial charge in [-0.1, -0.05) is 20.3 Å². The lowest BCUT2D eigenvalue weighted by Crippen LogP contribution is -2.19. The van der Waals surface area contributed by atoms with Crippen molar-refractivity contribution in [1.82, 2.24) is 15.3 Å². The van der Waals surface area contributed by atoms with Crippen molar-refractivity contribution in [3.63, 3.8) is 0 Å². The molecule has 16 heavy (non-hydrogen) atoms. The molecule has 0 spiro atoms. The normalized spacial score (nSPS) is 12.8. The summed E-state index contributed by atoms with van der Waals surface area (Å²) in [5.41, 5.74) is 2.32. The third-order valence-corrected chi connectivity index (χ3v) is 2.80. The summed E-state index contributed by atoms with van der Waals surface area (Å²) in [5, 5.41) is 3.39. The van der Waals surface area contributed by atoms with Gasteiger partial charge in [-0.15, -0.1) is 0 Å². The lowest BCUT2D eigenvalue weighted by molar-refractivity contribution is 0.587. The summed E-state index contributed by atoms with van der Waals surface area (Å²) in [5.74, 6) is 0.979. The van der Waals surface area contributed by atoms with Crippen LogP contribution < -0.4 is 5.32 Å². The molecule has 0 aliphatic rings. The maximum Gasteiger partial charge on any atom is 0.128 e. The molecule has 0 aromatic carbocycles. The molecule has 3 heteroatoms. The summed E-state index contributed by atoms with van der Waals surface area (Å²) >= 11 is 0. The smallest absolute Gasteiger partial charge is 0.128 e. The number of hydrogen-bond acceptors (Lipinski definition) is 3. The van der Waals surface area contributed by atoms with Crippen molar-refractivity contribution in [2.45, 2.75) is 53.0 Å². The molecule has 90 valence electrons. The number of hydrogen-bond donors (Lipinski definition) is 1. The quantitative estimate of drug-likeness (QED) is 0.802. The van der Waals surface area contributed by atoms with E-state index in [4.69, 9.17) is 0 Å². The molecule has 0 amide bonds. The van der Waals surface area contributed by atoms with Gasteiger partial charge in [0.15, 0.2) is 0 Å². The van der Waals surface area contributed by atoms with E-state index in [1.165, 1.54) is 18.4 Å². The van der Waals surface area contributed by atoms with E-state index in [0.29, 0.717) is 6.04 Å². The minimum absolute atomic E-state index is 0.338. The van der Waals surface area contributed by atoms with E-state index in [2.05, 4.69) is 43.0 Å². The summed E-state index contributed by atoms with van der Waals surface area (Å²) in [4.78, 5) is 8.99. The maximum absolute atomic E-state index is 4.56. The highest BCUT2D eigenvalue weighted by atomic mass is 14.9. The predicted molar refractivity (Wildman–Crippen MR) is 67.5 cm³/mol. The van der Waals surface area contributed by atoms with Crippen LogP contribution >= 0.6 is 0 Å². The molecular formula is C13H23N3. The van der Waals surface area contributed by atoms with Crippen molar-refractivity contribution < 1.29 is 0 Å².